The summed E-state index contributed by atoms with van der Waals surface area (Å²) < 4.78 is 0. The summed E-state index contributed by atoms with van der Waals surface area (Å²) in [5, 5.41) is 0. The van der Waals surface area contributed by atoms with E-state index < -0.39 is 0 Å². The van der Waals surface area contributed by atoms with E-state index in [0.29, 0.717) is 0 Å². The Hall–Kier alpha value is -7.47. The van der Waals surface area contributed by atoms with Crippen LogP contribution in [0.25, 0.3) is 78.4 Å². The molecule has 4 aromatic heterocycles. The molecule has 1 radical (unpaired) electrons. The number of aromatic nitrogens is 4. The third kappa shape index (κ3) is 19.9. The largest absolute Gasteiger partial charge is 0.344 e. The van der Waals surface area contributed by atoms with E-state index >= 15 is 0 Å². The Kier molecular flexibility index (Phi) is 31.1. The van der Waals surface area contributed by atoms with Crippen molar-refractivity contribution in [1.29, 1.82) is 0 Å². The van der Waals surface area contributed by atoms with Gasteiger partial charge in [0.25, 0.3) is 0 Å². The zero-order valence-corrected chi connectivity index (χ0v) is 62.6. The number of unbranched alkanes of at least 4 members (excludes halogenated alkanes) is 20. The minimum absolute atomic E-state index is 0. The van der Waals surface area contributed by atoms with Gasteiger partial charge in [0.2, 0.25) is 0 Å². The standard InChI is InChI=1S/C70H91N2.2C11H8N.Ir.H3N/c1-7-11-15-19-23-27-41-69(42-28-24-20-16-12-8-2)63-47-53(5)31-35-59(63)61-38-34-58(51-65(61)69)68-52-56(40-46-72-68)55-32-36-60-62-37-33-57(67-48-54(6)39-45-71-67)50-66(62)70(64(60)49-55,43-29-25-21-17-13-9-3)44-30-26-22-18-14-10-4;2*1-2-6-10(7-3-1)11-8-4-5-9-12-11;;/h31-32,34-40,45-52H,7-30,41-44H2,1-6H3;2*1-6,8-9H;;1H3/q3*-1;;. The molecular weight excluding hydrogens is 1370 g/mol. The zero-order chi connectivity index (χ0) is 66.6. The Morgan fingerprint density at radius 2 is 0.694 bits per heavy atom. The first kappa shape index (κ1) is 76.3. The number of aryl methyl sites for hydroxylation is 2. The van der Waals surface area contributed by atoms with Gasteiger partial charge in [-0.15, -0.1) is 101 Å². The van der Waals surface area contributed by atoms with Crippen LogP contribution in [0.1, 0.15) is 241 Å². The molecule has 3 N–H and O–H groups in total. The van der Waals surface area contributed by atoms with Gasteiger partial charge in [-0.25, -0.2) is 0 Å². The third-order valence-corrected chi connectivity index (χ3v) is 20.5. The van der Waals surface area contributed by atoms with E-state index in [4.69, 9.17) is 9.97 Å². The second-order valence-corrected chi connectivity index (χ2v) is 27.6. The van der Waals surface area contributed by atoms with Crippen molar-refractivity contribution in [2.45, 2.75) is 232 Å². The summed E-state index contributed by atoms with van der Waals surface area (Å²) in [6.45, 7) is 13.8. The monoisotopic (exact) mass is 1480 g/mol. The number of hydrogen-bond acceptors (Lipinski definition) is 5. The number of pyridine rings is 4. The number of nitrogens with zero attached hydrogens (tertiary/aromatic N) is 4. The van der Waals surface area contributed by atoms with Crippen LogP contribution in [0.2, 0.25) is 0 Å². The molecule has 0 amide bonds. The van der Waals surface area contributed by atoms with E-state index in [1.807, 2.05) is 91.1 Å². The van der Waals surface area contributed by atoms with Crippen LogP contribution in [0, 0.1) is 32.0 Å². The molecule has 0 saturated carbocycles. The Labute approximate surface area is 605 Å². The second kappa shape index (κ2) is 39.9. The number of fused-ring (bicyclic) bond motifs is 6. The van der Waals surface area contributed by atoms with Crippen molar-refractivity contribution < 1.29 is 20.1 Å². The summed E-state index contributed by atoms with van der Waals surface area (Å²) >= 11 is 0. The van der Waals surface area contributed by atoms with E-state index in [-0.39, 0.29) is 37.1 Å². The van der Waals surface area contributed by atoms with Crippen LogP contribution in [-0.2, 0) is 30.9 Å². The van der Waals surface area contributed by atoms with Crippen molar-refractivity contribution in [3.63, 3.8) is 0 Å². The summed E-state index contributed by atoms with van der Waals surface area (Å²) in [6, 6.07) is 73.4. The molecule has 10 aromatic rings. The molecule has 0 bridgehead atoms. The quantitative estimate of drug-likeness (QED) is 0.0327. The molecule has 98 heavy (non-hydrogen) atoms. The Bertz CT molecular complexity index is 3760. The predicted octanol–water partition coefficient (Wildman–Crippen LogP) is 26.7. The van der Waals surface area contributed by atoms with Gasteiger partial charge in [0.05, 0.1) is 5.69 Å². The van der Waals surface area contributed by atoms with Gasteiger partial charge in [0.15, 0.2) is 0 Å². The summed E-state index contributed by atoms with van der Waals surface area (Å²) in [6.07, 6.45) is 44.1. The molecule has 6 aromatic carbocycles. The Morgan fingerprint density at radius 1 is 0.296 bits per heavy atom. The fourth-order valence-corrected chi connectivity index (χ4v) is 15.3. The molecule has 12 rings (SSSR count). The molecule has 0 fully saturated rings. The molecule has 0 atom stereocenters. The van der Waals surface area contributed by atoms with Crippen LogP contribution in [0.4, 0.5) is 0 Å². The Morgan fingerprint density at radius 3 is 1.17 bits per heavy atom. The van der Waals surface area contributed by atoms with Gasteiger partial charge >= 0.3 is 0 Å². The van der Waals surface area contributed by atoms with E-state index in [1.54, 1.807) is 23.5 Å². The van der Waals surface area contributed by atoms with E-state index in [9.17, 15) is 0 Å². The molecule has 2 aliphatic carbocycles. The van der Waals surface area contributed by atoms with Gasteiger partial charge in [-0.05, 0) is 132 Å². The van der Waals surface area contributed by atoms with E-state index in [1.165, 1.54) is 241 Å². The number of benzene rings is 6. The predicted molar refractivity (Wildman–Crippen MR) is 413 cm³/mol. The fraction of sp³-hybridized carbons (Fsp3) is 0.391. The van der Waals surface area contributed by atoms with Crippen molar-refractivity contribution >= 4 is 0 Å². The van der Waals surface area contributed by atoms with Gasteiger partial charge in [-0.1, -0.05) is 283 Å². The van der Waals surface area contributed by atoms with Crippen molar-refractivity contribution in [1.82, 2.24) is 26.1 Å². The molecule has 515 valence electrons. The van der Waals surface area contributed by atoms with Crippen LogP contribution in [0.5, 0.6) is 0 Å². The SMILES string of the molecule is CCCCCCCCC1(CCCCCCCC)c2cc(-c3cc(C)ccn3)[c-]cc2-c2ccc(-c3ccnc(-c4ccc5c(c4)C(CCCCCCCC)(CCCCCCCC)c4cc(C)ccc4-5)c3)cc21.N.[Ir].[c-]1ccccc1-c1ccccn1.[c-]1ccccc1-c1ccccn1. The minimum atomic E-state index is -0.0532. The van der Waals surface area contributed by atoms with Gasteiger partial charge in [-0.2, -0.15) is 0 Å². The molecule has 6 heteroatoms. The van der Waals surface area contributed by atoms with Gasteiger partial charge in [0.1, 0.15) is 0 Å². The first-order chi connectivity index (χ1) is 47.3. The van der Waals surface area contributed by atoms with Crippen LogP contribution < -0.4 is 6.15 Å². The van der Waals surface area contributed by atoms with Crippen molar-refractivity contribution in [2.24, 2.45) is 0 Å². The van der Waals surface area contributed by atoms with Gasteiger partial charge in [0, 0.05) is 61.3 Å². The van der Waals surface area contributed by atoms with Crippen LogP contribution in [0.3, 0.4) is 0 Å². The fourth-order valence-electron chi connectivity index (χ4n) is 15.3. The topological polar surface area (TPSA) is 86.6 Å². The molecule has 5 nitrogen and oxygen atoms in total. The molecule has 2 aliphatic rings. The Balaban J connectivity index is 0.000000390. The minimum Gasteiger partial charge on any atom is -0.344 e. The normalized spacial score (nSPS) is 12.5. The number of hydrogen-bond donors (Lipinski definition) is 1. The van der Waals surface area contributed by atoms with Gasteiger partial charge in [-0.3, -0.25) is 4.98 Å². The van der Waals surface area contributed by atoms with Crippen LogP contribution in [0.15, 0.2) is 201 Å². The molecule has 4 heterocycles. The molecule has 0 unspecified atom stereocenters. The average molecular weight is 1480 g/mol. The zero-order valence-electron chi connectivity index (χ0n) is 60.2. The van der Waals surface area contributed by atoms with Crippen molar-refractivity contribution in [2.75, 3.05) is 0 Å². The summed E-state index contributed by atoms with van der Waals surface area (Å²) in [7, 11) is 0. The molecule has 0 aliphatic heterocycles. The third-order valence-electron chi connectivity index (χ3n) is 20.5. The van der Waals surface area contributed by atoms with Crippen LogP contribution >= 0.6 is 0 Å². The first-order valence-corrected chi connectivity index (χ1v) is 37.4. The van der Waals surface area contributed by atoms with Gasteiger partial charge < -0.3 is 21.1 Å². The second-order valence-electron chi connectivity index (χ2n) is 27.6. The summed E-state index contributed by atoms with van der Waals surface area (Å²) in [5.41, 5.74) is 25.5. The van der Waals surface area contributed by atoms with E-state index in [2.05, 4.69) is 167 Å². The summed E-state index contributed by atoms with van der Waals surface area (Å²) in [4.78, 5) is 18.5. The maximum atomic E-state index is 5.19. The maximum Gasteiger partial charge on any atom is 0.0708 e. The van der Waals surface area contributed by atoms with E-state index in [0.717, 1.165) is 39.5 Å². The molecule has 0 saturated heterocycles. The molecular formula is C92H110IrN5-3. The molecule has 0 spiro atoms. The number of rotatable bonds is 33. The van der Waals surface area contributed by atoms with Crippen molar-refractivity contribution in [3.05, 3.63) is 252 Å². The van der Waals surface area contributed by atoms with Crippen molar-refractivity contribution in [3.8, 4) is 78.4 Å². The maximum absolute atomic E-state index is 5.19. The van der Waals surface area contributed by atoms with Crippen LogP contribution in [-0.4, -0.2) is 19.9 Å². The average Bonchev–Trinajstić information content (AvgIpc) is 1.57. The first-order valence-electron chi connectivity index (χ1n) is 37.4. The smallest absolute Gasteiger partial charge is 0.0708 e. The summed E-state index contributed by atoms with van der Waals surface area (Å²) in [5.74, 6) is 0.